The average Bonchev–Trinajstić information content (AvgIpc) is 4.29. The van der Waals surface area contributed by atoms with E-state index >= 15 is 0 Å². The topological polar surface area (TPSA) is 391 Å². The van der Waals surface area contributed by atoms with E-state index in [9.17, 15) is 77.3 Å². The van der Waals surface area contributed by atoms with Gasteiger partial charge in [-0.3, -0.25) is 67.1 Å². The Labute approximate surface area is 503 Å². The quantitative estimate of drug-likeness (QED) is 0.0936. The molecule has 5 heterocycles. The van der Waals surface area contributed by atoms with Gasteiger partial charge in [0.05, 0.1) is 53.7 Å². The molecule has 1 aromatic carbocycles. The molecule has 2 saturated heterocycles. The van der Waals surface area contributed by atoms with Crippen molar-refractivity contribution in [3.8, 4) is 0 Å². The van der Waals surface area contributed by atoms with Crippen LogP contribution in [0.3, 0.4) is 0 Å². The van der Waals surface area contributed by atoms with Crippen LogP contribution in [0, 0.1) is 23.7 Å². The molecule has 10 N–H and O–H groups in total. The maximum Gasteiger partial charge on any atom is 0.325 e. The highest BCUT2D eigenvalue weighted by Crippen LogP contribution is 2.35. The number of carboxylic acid groups (broad SMARTS) is 1. The van der Waals surface area contributed by atoms with E-state index in [0.29, 0.717) is 45.0 Å². The Morgan fingerprint density at radius 1 is 0.741 bits per heavy atom. The van der Waals surface area contributed by atoms with Crippen LogP contribution in [0.2, 0.25) is 0 Å². The van der Waals surface area contributed by atoms with Crippen molar-refractivity contribution in [3.63, 3.8) is 0 Å². The van der Waals surface area contributed by atoms with Crippen molar-refractivity contribution in [1.82, 2.24) is 46.5 Å². The number of amides is 9. The number of aliphatic hydroxyl groups excluding tert-OH is 1. The number of benzene rings is 1. The van der Waals surface area contributed by atoms with Crippen molar-refractivity contribution < 1.29 is 77.3 Å². The van der Waals surface area contributed by atoms with E-state index < -0.39 is 176 Å². The number of thioether (sulfide) groups is 3. The molecular weight excluding hydrogens is 1160 g/mol. The van der Waals surface area contributed by atoms with Gasteiger partial charge in [-0.1, -0.05) is 46.6 Å². The number of carboxylic acids is 1. The number of aliphatic carboxylic acids is 1. The number of aromatic nitrogens is 1. The molecule has 26 nitrogen and oxygen atoms in total. The van der Waals surface area contributed by atoms with E-state index in [1.165, 1.54) is 23.5 Å². The van der Waals surface area contributed by atoms with Crippen LogP contribution in [-0.4, -0.2) is 198 Å². The Kier molecular flexibility index (Phi) is 24.9. The molecule has 0 saturated carbocycles. The van der Waals surface area contributed by atoms with Crippen molar-refractivity contribution in [2.75, 3.05) is 55.1 Å². The number of fused-ring (bicyclic) bond motifs is 5. The number of primary amides is 1. The van der Waals surface area contributed by atoms with Crippen molar-refractivity contribution in [2.45, 2.75) is 140 Å². The summed E-state index contributed by atoms with van der Waals surface area (Å²) in [6.07, 6.45) is -2.40. The summed E-state index contributed by atoms with van der Waals surface area (Å²) in [5, 5.41) is 36.5. The van der Waals surface area contributed by atoms with Gasteiger partial charge < -0.3 is 52.4 Å². The van der Waals surface area contributed by atoms with Gasteiger partial charge in [0, 0.05) is 79.1 Å². The van der Waals surface area contributed by atoms with Crippen molar-refractivity contribution in [2.24, 2.45) is 29.4 Å². The molecule has 6 rings (SSSR count). The smallest absolute Gasteiger partial charge is 0.325 e. The van der Waals surface area contributed by atoms with Crippen molar-refractivity contribution >= 4 is 128 Å². The first-order valence-corrected chi connectivity index (χ1v) is 31.7. The molecule has 85 heavy (non-hydrogen) atoms. The maximum absolute atomic E-state index is 14.9. The molecule has 9 amide bonds. The zero-order valence-corrected chi connectivity index (χ0v) is 50.5. The fourth-order valence-corrected chi connectivity index (χ4v) is 13.5. The molecule has 4 aliphatic heterocycles. The molecule has 4 aliphatic rings. The number of aliphatic hydroxyl groups is 1. The first-order valence-electron chi connectivity index (χ1n) is 28.4. The predicted molar refractivity (Wildman–Crippen MR) is 313 cm³/mol. The summed E-state index contributed by atoms with van der Waals surface area (Å²) < 4.78 is 0. The second-order valence-corrected chi connectivity index (χ2v) is 25.4. The van der Waals surface area contributed by atoms with Gasteiger partial charge in [0.15, 0.2) is 17.3 Å². The summed E-state index contributed by atoms with van der Waals surface area (Å²) >= 11 is 3.51. The molecule has 0 spiro atoms. The van der Waals surface area contributed by atoms with Gasteiger partial charge in [0.2, 0.25) is 41.4 Å². The molecule has 29 heteroatoms. The van der Waals surface area contributed by atoms with E-state index in [1.54, 1.807) is 45.9 Å². The first-order chi connectivity index (χ1) is 40.4. The van der Waals surface area contributed by atoms with E-state index in [0.717, 1.165) is 26.7 Å². The summed E-state index contributed by atoms with van der Waals surface area (Å²) in [6, 6.07) is -0.114. The second-order valence-electron chi connectivity index (χ2n) is 22.1. The van der Waals surface area contributed by atoms with Crippen LogP contribution in [-0.2, 0) is 80.0 Å². The molecule has 1 aromatic heterocycles. The number of Topliss-reactive ketones (excluding diaryl/α,β-unsaturated/α-hetero) is 4. The summed E-state index contributed by atoms with van der Waals surface area (Å²) in [4.78, 5) is 195. The highest BCUT2D eigenvalue weighted by molar-refractivity contribution is 8.16. The van der Waals surface area contributed by atoms with Crippen LogP contribution >= 0.6 is 35.3 Å². The number of nitrogens with zero attached hydrogens (tertiary/aromatic N) is 3. The lowest BCUT2D eigenvalue weighted by molar-refractivity contribution is -0.167. The molecule has 2 fully saturated rings. The number of hydrazine groups is 1. The molecule has 1 unspecified atom stereocenters. The minimum Gasteiger partial charge on any atom is -0.480 e. The summed E-state index contributed by atoms with van der Waals surface area (Å²) in [5.41, 5.74) is 7.10. The lowest BCUT2D eigenvalue weighted by Crippen LogP contribution is -2.55. The van der Waals surface area contributed by atoms with Gasteiger partial charge in [-0.15, -0.1) is 35.3 Å². The van der Waals surface area contributed by atoms with E-state index in [4.69, 9.17) is 5.73 Å². The molecule has 464 valence electrons. The summed E-state index contributed by atoms with van der Waals surface area (Å²) in [7, 11) is 0. The van der Waals surface area contributed by atoms with Crippen molar-refractivity contribution in [1.29, 1.82) is 0 Å². The first kappa shape index (κ1) is 67.3. The van der Waals surface area contributed by atoms with Gasteiger partial charge in [-0.05, 0) is 54.4 Å². The van der Waals surface area contributed by atoms with Gasteiger partial charge in [0.1, 0.15) is 31.0 Å². The number of H-pyrrole nitrogens is 1. The number of carbonyl (C=O) groups excluding carboxylic acids is 13. The normalized spacial score (nSPS) is 24.8. The monoisotopic (exact) mass is 1240 g/mol. The van der Waals surface area contributed by atoms with Crippen molar-refractivity contribution in [3.05, 3.63) is 29.3 Å². The number of nitrogens with one attached hydrogen (secondary N) is 6. The minimum absolute atomic E-state index is 0.0343. The number of hydrogen-bond donors (Lipinski definition) is 9. The van der Waals surface area contributed by atoms with Crippen LogP contribution in [0.5, 0.6) is 0 Å². The molecule has 0 aliphatic carbocycles. The van der Waals surface area contributed by atoms with Crippen LogP contribution in [0.15, 0.2) is 23.2 Å². The molecule has 2 aromatic rings. The fourth-order valence-electron chi connectivity index (χ4n) is 10.6. The Balaban J connectivity index is 1.36. The summed E-state index contributed by atoms with van der Waals surface area (Å²) in [5.74, 6) is -14.4. The van der Waals surface area contributed by atoms with Gasteiger partial charge >= 0.3 is 5.97 Å². The lowest BCUT2D eigenvalue weighted by atomic mass is 9.86. The maximum atomic E-state index is 14.9. The highest BCUT2D eigenvalue weighted by atomic mass is 32.2. The Bertz CT molecular complexity index is 2920. The van der Waals surface area contributed by atoms with Gasteiger partial charge in [-0.2, -0.15) is 0 Å². The highest BCUT2D eigenvalue weighted by Gasteiger charge is 2.44. The van der Waals surface area contributed by atoms with E-state index in [1.807, 2.05) is 0 Å². The number of aromatic amines is 1. The SMILES string of the molecule is CCC(C)[C@@H]1NC(=O)[C@@H]2C[C@@H](O)CN2C(=O)[C@H](CC(N)=O)CC(=O)[C@@H]2CSc3[nH]c4ccc(CC(=O)CCCCC(=O)CN5C(=O)CSCSCC(=O)N5CC(=O)O)cc4c3C[C@H](CC1=O)C(=O)NCC(=O)N[C@@H]([C@@H](C)CC)C(=O)NCC(=O)N2. The number of rotatable bonds is 17. The van der Waals surface area contributed by atoms with Crippen LogP contribution < -0.4 is 32.3 Å². The third-order valence-electron chi connectivity index (χ3n) is 15.6. The summed E-state index contributed by atoms with van der Waals surface area (Å²) in [6.45, 7) is 3.99. The van der Waals surface area contributed by atoms with Crippen LogP contribution in [0.4, 0.5) is 0 Å². The van der Waals surface area contributed by atoms with Crippen LogP contribution in [0.1, 0.15) is 103 Å². The van der Waals surface area contributed by atoms with E-state index in [-0.39, 0.29) is 74.5 Å². The Morgan fingerprint density at radius 3 is 2.01 bits per heavy atom. The number of carbonyl (C=O) groups is 14. The molecule has 9 atom stereocenters. The zero-order valence-electron chi connectivity index (χ0n) is 48.0. The van der Waals surface area contributed by atoms with Gasteiger partial charge in [0.25, 0.3) is 11.8 Å². The third-order valence-corrected chi connectivity index (χ3v) is 19.0. The average molecular weight is 1240 g/mol. The van der Waals surface area contributed by atoms with Gasteiger partial charge in [-0.25, -0.2) is 10.0 Å². The second kappa shape index (κ2) is 31.5. The number of nitrogens with two attached hydrogens (primary N) is 1. The standard InChI is InChI=1S/C56H76N10O16S3/c1-5-29(3)50-43(71)16-32-15-38-37-14-31(13-34(67)9-7-8-10-35(68)23-65-47(75)26-83-28-84-27-48(76)66(65)24-49(77)78)11-12-39(37)61-55(38)85-25-40(60-45(73)20-59-54(81)51(30(4)6-2)62-46(74)21-58-52(32)79)42(70)17-33(18-44(57)72)56(82)64-22-36(69)19-41(64)53(80)63-50/h11-12,14,29-30,32-33,36,40-41,50-51,61,69H,5-10,13,15-28H2,1-4H3,(H2,57,72)(H,58,79)(H,59,81)(H,60,73)(H,62,74)(H,63,80)(H,77,78)/t29?,30-,32+,33-,36+,40-,41-,50-,51-/m0/s1. The molecular formula is C56H76N10O16S3. The predicted octanol–water partition coefficient (Wildman–Crippen LogP) is -0.0679. The Morgan fingerprint density at radius 2 is 1.36 bits per heavy atom. The number of ketones is 4. The third kappa shape index (κ3) is 18.8. The number of unbranched alkanes of at least 4 members (excludes halogenated alkanes) is 1. The molecule has 2 bridgehead atoms. The Hall–Kier alpha value is -6.85. The zero-order chi connectivity index (χ0) is 62.2. The largest absolute Gasteiger partial charge is 0.480 e. The molecule has 0 radical (unpaired) electrons. The lowest BCUT2D eigenvalue weighted by Gasteiger charge is -2.32. The van der Waals surface area contributed by atoms with Crippen LogP contribution in [0.25, 0.3) is 10.9 Å². The minimum atomic E-state index is -1.47. The number of hydrogen-bond acceptors (Lipinski definition) is 18. The fraction of sp³-hybridized carbons (Fsp3) is 0.607. The van der Waals surface area contributed by atoms with E-state index in [2.05, 4.69) is 31.6 Å².